The summed E-state index contributed by atoms with van der Waals surface area (Å²) in [5.74, 6) is -71.2. The Labute approximate surface area is 205 Å². The minimum atomic E-state index is -9.25. The molecule has 2 nitrogen and oxygen atoms in total. The first kappa shape index (κ1) is 35.8. The molecule has 0 heterocycles. The molecule has 0 aromatic heterocycles. The number of hydrogen-bond donors (Lipinski definition) is 1. The Morgan fingerprint density at radius 2 is 0.700 bits per heavy atom. The van der Waals surface area contributed by atoms with Gasteiger partial charge in [0.2, 0.25) is 0 Å². The van der Waals surface area contributed by atoms with Crippen LogP contribution in [0.25, 0.3) is 0 Å². The third-order valence-corrected chi connectivity index (χ3v) is 4.83. The predicted octanol–water partition coefficient (Wildman–Crippen LogP) is 6.63. The maximum Gasteiger partial charge on any atom is 0.495 e. The van der Waals surface area contributed by atoms with Crippen LogP contribution in [0.2, 0.25) is 0 Å². The summed E-state index contributed by atoms with van der Waals surface area (Å²) in [4.78, 5) is 0. The first-order valence-corrected chi connectivity index (χ1v) is 9.12. The van der Waals surface area contributed by atoms with E-state index in [0.717, 1.165) is 18.2 Å². The second-order valence-corrected chi connectivity index (χ2v) is 7.49. The third kappa shape index (κ3) is 4.70. The van der Waals surface area contributed by atoms with Crippen LogP contribution in [0.15, 0.2) is 30.3 Å². The first-order chi connectivity index (χ1) is 17.2. The van der Waals surface area contributed by atoms with E-state index in [1.807, 2.05) is 0 Å². The van der Waals surface area contributed by atoms with Gasteiger partial charge in [-0.25, -0.2) is 0 Å². The van der Waals surface area contributed by atoms with Gasteiger partial charge in [0.1, 0.15) is 0 Å². The van der Waals surface area contributed by atoms with Crippen molar-refractivity contribution in [1.29, 1.82) is 0 Å². The lowest BCUT2D eigenvalue weighted by molar-refractivity contribution is -0.481. The van der Waals surface area contributed by atoms with Gasteiger partial charge in [0, 0.05) is 0 Å². The second-order valence-electron chi connectivity index (χ2n) is 7.49. The Balaban J connectivity index is 3.68. The molecule has 0 fully saturated rings. The van der Waals surface area contributed by atoms with E-state index in [1.54, 1.807) is 0 Å². The zero-order valence-electron chi connectivity index (χ0n) is 17.8. The molecule has 0 aliphatic rings. The molecule has 24 heteroatoms. The second kappa shape index (κ2) is 9.65. The lowest BCUT2D eigenvalue weighted by atomic mass is 9.79. The maximum absolute atomic E-state index is 13.7. The molecular weight excluding hydrogens is 634 g/mol. The Morgan fingerprint density at radius 3 is 1.00 bits per heavy atom. The summed E-state index contributed by atoms with van der Waals surface area (Å²) in [6, 6.07) is 3.65. The van der Waals surface area contributed by atoms with Gasteiger partial charge in [-0.2, -0.15) is 92.2 Å². The highest BCUT2D eigenvalue weighted by molar-refractivity contribution is 6.60. The van der Waals surface area contributed by atoms with Crippen molar-refractivity contribution in [3.8, 4) is 0 Å². The maximum atomic E-state index is 13.7. The van der Waals surface area contributed by atoms with Gasteiger partial charge in [-0.05, 0) is 5.46 Å². The lowest BCUT2D eigenvalue weighted by Gasteiger charge is -2.44. The summed E-state index contributed by atoms with van der Waals surface area (Å²) in [6.45, 7) is 0. The lowest BCUT2D eigenvalue weighted by Crippen LogP contribution is -2.77. The van der Waals surface area contributed by atoms with Crippen molar-refractivity contribution in [3.05, 3.63) is 30.3 Å². The van der Waals surface area contributed by atoms with Crippen molar-refractivity contribution in [2.24, 2.45) is 0 Å². The normalized spacial score (nSPS) is 15.8. The monoisotopic (exact) mass is 640 g/mol. The molecule has 0 saturated heterocycles. The number of rotatable bonds is 11. The third-order valence-electron chi connectivity index (χ3n) is 4.83. The van der Waals surface area contributed by atoms with Crippen molar-refractivity contribution in [2.75, 3.05) is 0 Å². The molecule has 0 spiro atoms. The summed E-state index contributed by atoms with van der Waals surface area (Å²) in [5.41, 5.74) is -1.07. The van der Waals surface area contributed by atoms with Gasteiger partial charge in [0.25, 0.3) is 0 Å². The Kier molecular flexibility index (Phi) is 8.62. The summed E-state index contributed by atoms with van der Waals surface area (Å²) in [5, 5.41) is 9.23. The molecule has 0 atom stereocenters. The summed E-state index contributed by atoms with van der Waals surface area (Å²) >= 11 is 0. The number of alkyl halides is 21. The molecule has 0 aliphatic carbocycles. The molecule has 0 bridgehead atoms. The van der Waals surface area contributed by atoms with Crippen molar-refractivity contribution in [3.63, 3.8) is 0 Å². The van der Waals surface area contributed by atoms with Crippen LogP contribution >= 0.6 is 0 Å². The van der Waals surface area contributed by atoms with Gasteiger partial charge >= 0.3 is 66.8 Å². The van der Waals surface area contributed by atoms with Crippen LogP contribution in [0.5, 0.6) is 0 Å². The van der Waals surface area contributed by atoms with Gasteiger partial charge in [-0.1, -0.05) is 30.3 Å². The Morgan fingerprint density at radius 1 is 0.425 bits per heavy atom. The molecular formula is C16H6BF21O2. The zero-order chi connectivity index (χ0) is 32.4. The molecule has 1 aromatic carbocycles. The molecule has 1 aromatic rings. The molecule has 0 amide bonds. The summed E-state index contributed by atoms with van der Waals surface area (Å²) < 4.78 is 281. The van der Waals surface area contributed by atoms with Gasteiger partial charge in [0.15, 0.2) is 0 Å². The van der Waals surface area contributed by atoms with E-state index in [2.05, 4.69) is 4.65 Å². The topological polar surface area (TPSA) is 29.5 Å². The van der Waals surface area contributed by atoms with Crippen LogP contribution in [0.1, 0.15) is 0 Å². The van der Waals surface area contributed by atoms with Crippen LogP contribution in [-0.2, 0) is 4.65 Å². The average molecular weight is 640 g/mol. The smallest absolute Gasteiger partial charge is 0.423 e. The van der Waals surface area contributed by atoms with Crippen molar-refractivity contribution in [1.82, 2.24) is 0 Å². The summed E-state index contributed by atoms with van der Waals surface area (Å²) in [6.07, 6.45) is -15.4. The highest BCUT2D eigenvalue weighted by atomic mass is 19.4. The van der Waals surface area contributed by atoms with E-state index in [0.29, 0.717) is 12.1 Å². The quantitative estimate of drug-likeness (QED) is 0.218. The highest BCUT2D eigenvalue weighted by Gasteiger charge is 2.98. The van der Waals surface area contributed by atoms with Crippen LogP contribution in [-0.4, -0.2) is 71.8 Å². The number of benzene rings is 1. The minimum Gasteiger partial charge on any atom is -0.423 e. The SMILES string of the molecule is OB(OC(F)(F)C(F)(F)C(F)(F)C(F)(F)C(F)(F)C(F)(F)C(F)(F)C(F)(F)C(F)(F)C(F)(F)F)c1ccccc1. The largest absolute Gasteiger partial charge is 0.495 e. The summed E-state index contributed by atoms with van der Waals surface area (Å²) in [7, 11) is -3.53. The van der Waals surface area contributed by atoms with E-state index in [1.165, 1.54) is 0 Å². The van der Waals surface area contributed by atoms with Crippen molar-refractivity contribution < 1.29 is 102 Å². The molecule has 0 saturated carbocycles. The van der Waals surface area contributed by atoms with E-state index >= 15 is 0 Å². The minimum absolute atomic E-state index is 0.499. The van der Waals surface area contributed by atoms with E-state index < -0.39 is 72.2 Å². The van der Waals surface area contributed by atoms with Crippen LogP contribution in [0.3, 0.4) is 0 Å². The van der Waals surface area contributed by atoms with Gasteiger partial charge in [-0.15, -0.1) is 0 Å². The number of halogens is 21. The van der Waals surface area contributed by atoms with Crippen molar-refractivity contribution in [2.45, 2.75) is 59.7 Å². The fourth-order valence-corrected chi connectivity index (χ4v) is 2.44. The van der Waals surface area contributed by atoms with Gasteiger partial charge < -0.3 is 9.68 Å². The number of hydrogen-bond acceptors (Lipinski definition) is 2. The molecule has 232 valence electrons. The Bertz CT molecular complexity index is 1030. The van der Waals surface area contributed by atoms with Crippen LogP contribution in [0, 0.1) is 0 Å². The molecule has 0 radical (unpaired) electrons. The molecule has 0 aliphatic heterocycles. The van der Waals surface area contributed by atoms with Gasteiger partial charge in [0.05, 0.1) is 0 Å². The Hall–Kier alpha value is -2.27. The van der Waals surface area contributed by atoms with Crippen molar-refractivity contribution >= 4 is 12.6 Å². The van der Waals surface area contributed by atoms with Crippen LogP contribution < -0.4 is 5.46 Å². The predicted molar refractivity (Wildman–Crippen MR) is 85.7 cm³/mol. The highest BCUT2D eigenvalue weighted by Crippen LogP contribution is 2.66. The van der Waals surface area contributed by atoms with Gasteiger partial charge in [-0.3, -0.25) is 0 Å². The van der Waals surface area contributed by atoms with E-state index in [9.17, 15) is 97.2 Å². The first-order valence-electron chi connectivity index (χ1n) is 9.12. The fourth-order valence-electron chi connectivity index (χ4n) is 2.44. The average Bonchev–Trinajstić information content (AvgIpc) is 2.77. The molecule has 0 unspecified atom stereocenters. The molecule has 1 rings (SSSR count). The zero-order valence-corrected chi connectivity index (χ0v) is 17.8. The van der Waals surface area contributed by atoms with E-state index in [-0.39, 0.29) is 0 Å². The van der Waals surface area contributed by atoms with E-state index in [4.69, 9.17) is 0 Å². The fraction of sp³-hybridized carbons (Fsp3) is 0.625. The van der Waals surface area contributed by atoms with Crippen LogP contribution in [0.4, 0.5) is 92.2 Å². The molecule has 1 N–H and O–H groups in total. The standard InChI is InChI=1S/C16H6BF21O2/c18-7(19,9(22,23)11(26,27)13(30,31)15(34,35)36)8(20,21)10(24,25)12(28,29)14(32,33)16(37,38)40-17(39)6-4-2-1-3-5-6/h1-5,39H. The molecule has 40 heavy (non-hydrogen) atoms.